The topological polar surface area (TPSA) is 61.5 Å². The van der Waals surface area contributed by atoms with Crippen LogP contribution in [0.1, 0.15) is 5.69 Å². The maximum absolute atomic E-state index is 5.55. The third-order valence-electron chi connectivity index (χ3n) is 5.19. The number of ether oxygens (including phenoxy) is 2. The second kappa shape index (κ2) is 7.15. The van der Waals surface area contributed by atoms with E-state index in [-0.39, 0.29) is 0 Å². The highest BCUT2D eigenvalue weighted by atomic mass is 16.5. The lowest BCUT2D eigenvalue weighted by Gasteiger charge is -2.12. The minimum Gasteiger partial charge on any atom is -0.493 e. The first kappa shape index (κ1) is 18.1. The van der Waals surface area contributed by atoms with Gasteiger partial charge in [0.1, 0.15) is 5.69 Å². The molecule has 6 nitrogen and oxygen atoms in total. The van der Waals surface area contributed by atoms with Gasteiger partial charge in [-0.25, -0.2) is 4.52 Å². The van der Waals surface area contributed by atoms with Gasteiger partial charge in [0.25, 0.3) is 0 Å². The minimum atomic E-state index is 0.648. The summed E-state index contributed by atoms with van der Waals surface area (Å²) in [4.78, 5) is 9.28. The average Bonchev–Trinajstić information content (AvgIpc) is 3.17. The highest BCUT2D eigenvalue weighted by Gasteiger charge is 2.20. The molecule has 1 aromatic carbocycles. The van der Waals surface area contributed by atoms with Gasteiger partial charge in [-0.15, -0.1) is 0 Å². The molecule has 0 saturated heterocycles. The molecule has 0 unspecified atom stereocenters. The molecule has 0 radical (unpaired) electrons. The zero-order valence-electron chi connectivity index (χ0n) is 17.0. The van der Waals surface area contributed by atoms with E-state index in [0.717, 1.165) is 44.6 Å². The predicted octanol–water partition coefficient (Wildman–Crippen LogP) is 4.94. The second-order valence-corrected chi connectivity index (χ2v) is 7.00. The number of hydrogen-bond donors (Lipinski definition) is 0. The lowest BCUT2D eigenvalue weighted by atomic mass is 9.98. The van der Waals surface area contributed by atoms with E-state index in [2.05, 4.69) is 11.1 Å². The molecule has 0 N–H and O–H groups in total. The van der Waals surface area contributed by atoms with Crippen molar-refractivity contribution in [2.45, 2.75) is 6.92 Å². The third kappa shape index (κ3) is 2.85. The van der Waals surface area contributed by atoms with E-state index in [1.807, 2.05) is 72.4 Å². The van der Waals surface area contributed by atoms with E-state index < -0.39 is 0 Å². The molecule has 4 aromatic heterocycles. The molecule has 0 fully saturated rings. The number of benzene rings is 1. The molecular weight excluding hydrogens is 376 g/mol. The number of aromatic nitrogens is 4. The van der Waals surface area contributed by atoms with Crippen LogP contribution in [0.2, 0.25) is 0 Å². The zero-order valence-corrected chi connectivity index (χ0v) is 17.0. The van der Waals surface area contributed by atoms with Gasteiger partial charge in [-0.2, -0.15) is 5.10 Å². The Balaban J connectivity index is 1.88. The Bertz CT molecular complexity index is 1390. The number of nitrogens with zero attached hydrogens (tertiary/aromatic N) is 4. The van der Waals surface area contributed by atoms with E-state index in [1.165, 1.54) is 0 Å². The highest BCUT2D eigenvalue weighted by Crippen LogP contribution is 2.40. The Labute approximate surface area is 173 Å². The Morgan fingerprint density at radius 2 is 1.73 bits per heavy atom. The minimum absolute atomic E-state index is 0.648. The van der Waals surface area contributed by atoms with Gasteiger partial charge in [0, 0.05) is 35.1 Å². The molecule has 0 amide bonds. The Morgan fingerprint density at radius 3 is 2.53 bits per heavy atom. The number of rotatable bonds is 4. The molecule has 148 valence electrons. The van der Waals surface area contributed by atoms with Crippen molar-refractivity contribution >= 4 is 16.4 Å². The summed E-state index contributed by atoms with van der Waals surface area (Å²) in [5.74, 6) is 1.31. The van der Waals surface area contributed by atoms with Gasteiger partial charge in [0.15, 0.2) is 11.5 Å². The number of pyridine rings is 3. The lowest BCUT2D eigenvalue weighted by molar-refractivity contribution is 0.356. The monoisotopic (exact) mass is 396 g/mol. The molecule has 0 aliphatic heterocycles. The van der Waals surface area contributed by atoms with E-state index in [1.54, 1.807) is 14.2 Å². The standard InChI is InChI=1S/C24H20N4O2/c1-15-7-6-8-18(26-15)24-23(20-9-4-5-12-28(20)27-24)16-10-11-25-19-14-22(30-3)21(29-2)13-17(16)19/h4-14H,1-3H3. The van der Waals surface area contributed by atoms with Crippen molar-refractivity contribution in [1.29, 1.82) is 0 Å². The Kier molecular flexibility index (Phi) is 4.32. The average molecular weight is 396 g/mol. The van der Waals surface area contributed by atoms with Crippen molar-refractivity contribution in [2.24, 2.45) is 0 Å². The van der Waals surface area contributed by atoms with Crippen LogP contribution in [0.4, 0.5) is 0 Å². The molecule has 0 bridgehead atoms. The van der Waals surface area contributed by atoms with Crippen LogP contribution in [0.25, 0.3) is 38.9 Å². The quantitative estimate of drug-likeness (QED) is 0.431. The van der Waals surface area contributed by atoms with Crippen molar-refractivity contribution in [2.75, 3.05) is 14.2 Å². The van der Waals surface area contributed by atoms with Gasteiger partial charge in [0.05, 0.1) is 30.9 Å². The molecule has 0 atom stereocenters. The first-order valence-corrected chi connectivity index (χ1v) is 9.62. The van der Waals surface area contributed by atoms with Gasteiger partial charge < -0.3 is 9.47 Å². The third-order valence-corrected chi connectivity index (χ3v) is 5.19. The van der Waals surface area contributed by atoms with Crippen LogP contribution in [-0.2, 0) is 0 Å². The maximum atomic E-state index is 5.55. The molecule has 5 aromatic rings. The first-order valence-electron chi connectivity index (χ1n) is 9.62. The van der Waals surface area contributed by atoms with Crippen LogP contribution in [0.3, 0.4) is 0 Å². The SMILES string of the molecule is COc1cc2nccc(-c3c(-c4cccc(C)n4)nn4ccccc34)c2cc1OC. The first-order chi connectivity index (χ1) is 14.7. The van der Waals surface area contributed by atoms with Gasteiger partial charge in [-0.1, -0.05) is 12.1 Å². The molecule has 30 heavy (non-hydrogen) atoms. The second-order valence-electron chi connectivity index (χ2n) is 7.00. The van der Waals surface area contributed by atoms with E-state index in [9.17, 15) is 0 Å². The summed E-state index contributed by atoms with van der Waals surface area (Å²) in [6.07, 6.45) is 3.76. The van der Waals surface area contributed by atoms with Gasteiger partial charge >= 0.3 is 0 Å². The van der Waals surface area contributed by atoms with Crippen molar-refractivity contribution in [3.63, 3.8) is 0 Å². The van der Waals surface area contributed by atoms with Crippen LogP contribution in [0.5, 0.6) is 11.5 Å². The van der Waals surface area contributed by atoms with Crippen molar-refractivity contribution < 1.29 is 9.47 Å². The van der Waals surface area contributed by atoms with E-state index in [0.29, 0.717) is 11.5 Å². The van der Waals surface area contributed by atoms with Crippen molar-refractivity contribution in [3.05, 3.63) is 72.7 Å². The fraction of sp³-hybridized carbons (Fsp3) is 0.125. The Morgan fingerprint density at radius 1 is 0.900 bits per heavy atom. The van der Waals surface area contributed by atoms with Gasteiger partial charge in [-0.3, -0.25) is 9.97 Å². The largest absolute Gasteiger partial charge is 0.493 e. The molecule has 4 heterocycles. The summed E-state index contributed by atoms with van der Waals surface area (Å²) in [6.45, 7) is 1.98. The molecule has 0 saturated carbocycles. The van der Waals surface area contributed by atoms with Crippen molar-refractivity contribution in [3.8, 4) is 34.0 Å². The smallest absolute Gasteiger partial charge is 0.162 e. The number of aryl methyl sites for hydroxylation is 1. The summed E-state index contributed by atoms with van der Waals surface area (Å²) in [6, 6.07) is 17.9. The summed E-state index contributed by atoms with van der Waals surface area (Å²) in [5, 5.41) is 5.82. The van der Waals surface area contributed by atoms with Gasteiger partial charge in [-0.05, 0) is 48.9 Å². The van der Waals surface area contributed by atoms with E-state index in [4.69, 9.17) is 19.6 Å². The Hall–Kier alpha value is -3.93. The molecule has 5 rings (SSSR count). The van der Waals surface area contributed by atoms with Crippen LogP contribution < -0.4 is 9.47 Å². The lowest BCUT2D eigenvalue weighted by Crippen LogP contribution is -1.93. The summed E-state index contributed by atoms with van der Waals surface area (Å²) < 4.78 is 12.9. The van der Waals surface area contributed by atoms with Gasteiger partial charge in [0.2, 0.25) is 0 Å². The fourth-order valence-electron chi connectivity index (χ4n) is 3.81. The molecule has 0 spiro atoms. The maximum Gasteiger partial charge on any atom is 0.162 e. The van der Waals surface area contributed by atoms with Crippen molar-refractivity contribution in [1.82, 2.24) is 19.6 Å². The molecule has 0 aliphatic carbocycles. The highest BCUT2D eigenvalue weighted by molar-refractivity contribution is 6.04. The van der Waals surface area contributed by atoms with Crippen LogP contribution >= 0.6 is 0 Å². The molecule has 0 aliphatic rings. The molecular formula is C24H20N4O2. The van der Waals surface area contributed by atoms with Crippen LogP contribution in [0, 0.1) is 6.92 Å². The fourth-order valence-corrected chi connectivity index (χ4v) is 3.81. The zero-order chi connectivity index (χ0) is 20.7. The van der Waals surface area contributed by atoms with Crippen LogP contribution in [-0.4, -0.2) is 33.8 Å². The summed E-state index contributed by atoms with van der Waals surface area (Å²) in [7, 11) is 3.26. The summed E-state index contributed by atoms with van der Waals surface area (Å²) in [5.41, 5.74) is 6.45. The number of methoxy groups -OCH3 is 2. The predicted molar refractivity (Wildman–Crippen MR) is 117 cm³/mol. The van der Waals surface area contributed by atoms with E-state index >= 15 is 0 Å². The summed E-state index contributed by atoms with van der Waals surface area (Å²) >= 11 is 0. The molecule has 6 heteroatoms. The number of fused-ring (bicyclic) bond motifs is 2. The number of hydrogen-bond acceptors (Lipinski definition) is 5. The van der Waals surface area contributed by atoms with Crippen LogP contribution in [0.15, 0.2) is 67.0 Å². The normalized spacial score (nSPS) is 11.2.